The summed E-state index contributed by atoms with van der Waals surface area (Å²) in [6.45, 7) is 5.37. The van der Waals surface area contributed by atoms with Crippen LogP contribution in [0.2, 0.25) is 0 Å². The van der Waals surface area contributed by atoms with E-state index in [1.807, 2.05) is 0 Å². The standard InChI is InChI=1S/C11H23NO2/c1-10(11-4-5-11)12(6-3-8-13)7-9-14-2/h10-11,13H,3-9H2,1-2H3. The van der Waals surface area contributed by atoms with E-state index in [1.165, 1.54) is 12.8 Å². The molecule has 0 radical (unpaired) electrons. The molecule has 84 valence electrons. The second-order valence-corrected chi connectivity index (χ2v) is 4.18. The van der Waals surface area contributed by atoms with Crippen molar-refractivity contribution in [3.05, 3.63) is 0 Å². The summed E-state index contributed by atoms with van der Waals surface area (Å²) in [5.41, 5.74) is 0. The summed E-state index contributed by atoms with van der Waals surface area (Å²) >= 11 is 0. The van der Waals surface area contributed by atoms with Crippen LogP contribution < -0.4 is 0 Å². The van der Waals surface area contributed by atoms with Gasteiger partial charge in [0.25, 0.3) is 0 Å². The highest BCUT2D eigenvalue weighted by atomic mass is 16.5. The SMILES string of the molecule is COCCN(CCCO)C(C)C1CC1. The molecule has 0 aromatic rings. The third-order valence-electron chi connectivity index (χ3n) is 3.07. The van der Waals surface area contributed by atoms with E-state index in [-0.39, 0.29) is 0 Å². The second kappa shape index (κ2) is 6.38. The topological polar surface area (TPSA) is 32.7 Å². The van der Waals surface area contributed by atoms with Gasteiger partial charge in [0.2, 0.25) is 0 Å². The number of rotatable bonds is 8. The Morgan fingerprint density at radius 3 is 2.64 bits per heavy atom. The number of aliphatic hydroxyl groups is 1. The van der Waals surface area contributed by atoms with Gasteiger partial charge >= 0.3 is 0 Å². The molecule has 1 atom stereocenters. The van der Waals surface area contributed by atoms with Gasteiger partial charge in [-0.15, -0.1) is 0 Å². The zero-order chi connectivity index (χ0) is 10.4. The van der Waals surface area contributed by atoms with E-state index in [0.717, 1.165) is 32.0 Å². The van der Waals surface area contributed by atoms with Crippen LogP contribution in [-0.4, -0.2) is 49.5 Å². The van der Waals surface area contributed by atoms with Crippen LogP contribution in [0.1, 0.15) is 26.2 Å². The maximum absolute atomic E-state index is 8.82. The van der Waals surface area contributed by atoms with Crippen LogP contribution in [0, 0.1) is 5.92 Å². The van der Waals surface area contributed by atoms with E-state index >= 15 is 0 Å². The summed E-state index contributed by atoms with van der Waals surface area (Å²) in [5, 5.41) is 8.82. The fraction of sp³-hybridized carbons (Fsp3) is 1.00. The highest BCUT2D eigenvalue weighted by molar-refractivity contribution is 4.85. The summed E-state index contributed by atoms with van der Waals surface area (Å²) in [4.78, 5) is 2.44. The fourth-order valence-electron chi connectivity index (χ4n) is 1.88. The van der Waals surface area contributed by atoms with Gasteiger partial charge < -0.3 is 9.84 Å². The second-order valence-electron chi connectivity index (χ2n) is 4.18. The van der Waals surface area contributed by atoms with E-state index in [2.05, 4.69) is 11.8 Å². The average molecular weight is 201 g/mol. The Labute approximate surface area is 87.1 Å². The summed E-state index contributed by atoms with van der Waals surface area (Å²) in [6.07, 6.45) is 3.63. The van der Waals surface area contributed by atoms with Gasteiger partial charge in [0.15, 0.2) is 0 Å². The van der Waals surface area contributed by atoms with Gasteiger partial charge in [-0.3, -0.25) is 4.90 Å². The van der Waals surface area contributed by atoms with Gasteiger partial charge in [0, 0.05) is 32.8 Å². The predicted octanol–water partition coefficient (Wildman–Crippen LogP) is 1.12. The van der Waals surface area contributed by atoms with Crippen LogP contribution in [0.3, 0.4) is 0 Å². The van der Waals surface area contributed by atoms with Crippen molar-refractivity contribution in [3.63, 3.8) is 0 Å². The Morgan fingerprint density at radius 1 is 1.43 bits per heavy atom. The number of aliphatic hydroxyl groups excluding tert-OH is 1. The average Bonchev–Trinajstić information content (AvgIpc) is 3.00. The molecule has 1 rings (SSSR count). The largest absolute Gasteiger partial charge is 0.396 e. The summed E-state index contributed by atoms with van der Waals surface area (Å²) < 4.78 is 5.10. The van der Waals surface area contributed by atoms with Crippen LogP contribution >= 0.6 is 0 Å². The minimum Gasteiger partial charge on any atom is -0.396 e. The molecule has 14 heavy (non-hydrogen) atoms. The van der Waals surface area contributed by atoms with Gasteiger partial charge in [0.1, 0.15) is 0 Å². The van der Waals surface area contributed by atoms with Crippen molar-refractivity contribution in [1.82, 2.24) is 4.90 Å². The molecule has 0 aromatic heterocycles. The lowest BCUT2D eigenvalue weighted by Crippen LogP contribution is -2.38. The quantitative estimate of drug-likeness (QED) is 0.638. The Hall–Kier alpha value is -0.120. The van der Waals surface area contributed by atoms with Crippen LogP contribution in [0.4, 0.5) is 0 Å². The van der Waals surface area contributed by atoms with Crippen molar-refractivity contribution in [3.8, 4) is 0 Å². The van der Waals surface area contributed by atoms with Crippen molar-refractivity contribution in [2.75, 3.05) is 33.4 Å². The number of nitrogens with zero attached hydrogens (tertiary/aromatic N) is 1. The molecular weight excluding hydrogens is 178 g/mol. The van der Waals surface area contributed by atoms with Crippen molar-refractivity contribution in [1.29, 1.82) is 0 Å². The molecule has 1 saturated carbocycles. The first kappa shape index (κ1) is 12.0. The lowest BCUT2D eigenvalue weighted by Gasteiger charge is -2.28. The van der Waals surface area contributed by atoms with Crippen molar-refractivity contribution >= 4 is 0 Å². The van der Waals surface area contributed by atoms with Gasteiger partial charge in [-0.25, -0.2) is 0 Å². The lowest BCUT2D eigenvalue weighted by atomic mass is 10.1. The first-order valence-electron chi connectivity index (χ1n) is 5.63. The van der Waals surface area contributed by atoms with Crippen molar-refractivity contribution in [2.24, 2.45) is 5.92 Å². The van der Waals surface area contributed by atoms with E-state index in [1.54, 1.807) is 7.11 Å². The van der Waals surface area contributed by atoms with Crippen LogP contribution in [0.5, 0.6) is 0 Å². The van der Waals surface area contributed by atoms with Crippen LogP contribution in [0.15, 0.2) is 0 Å². The lowest BCUT2D eigenvalue weighted by molar-refractivity contribution is 0.110. The normalized spacial score (nSPS) is 18.9. The highest BCUT2D eigenvalue weighted by Gasteiger charge is 2.31. The van der Waals surface area contributed by atoms with Gasteiger partial charge in [-0.1, -0.05) is 0 Å². The molecule has 0 aromatic carbocycles. The monoisotopic (exact) mass is 201 g/mol. The Balaban J connectivity index is 2.25. The first-order valence-corrected chi connectivity index (χ1v) is 5.63. The Bertz CT molecular complexity index is 140. The predicted molar refractivity (Wildman–Crippen MR) is 57.3 cm³/mol. The summed E-state index contributed by atoms with van der Waals surface area (Å²) in [7, 11) is 1.74. The van der Waals surface area contributed by atoms with Crippen molar-refractivity contribution in [2.45, 2.75) is 32.2 Å². The molecule has 1 N–H and O–H groups in total. The van der Waals surface area contributed by atoms with Gasteiger partial charge in [0.05, 0.1) is 6.61 Å². The molecule has 1 aliphatic rings. The number of ether oxygens (including phenoxy) is 1. The Kier molecular flexibility index (Phi) is 5.45. The summed E-state index contributed by atoms with van der Waals surface area (Å²) in [5.74, 6) is 0.894. The van der Waals surface area contributed by atoms with Crippen molar-refractivity contribution < 1.29 is 9.84 Å². The zero-order valence-electron chi connectivity index (χ0n) is 9.41. The molecule has 0 amide bonds. The highest BCUT2D eigenvalue weighted by Crippen LogP contribution is 2.35. The zero-order valence-corrected chi connectivity index (χ0v) is 9.41. The minimum atomic E-state index is 0.293. The molecule has 1 fully saturated rings. The van der Waals surface area contributed by atoms with Gasteiger partial charge in [-0.2, -0.15) is 0 Å². The van der Waals surface area contributed by atoms with E-state index in [9.17, 15) is 0 Å². The fourth-order valence-corrected chi connectivity index (χ4v) is 1.88. The molecule has 3 heteroatoms. The molecule has 3 nitrogen and oxygen atoms in total. The Morgan fingerprint density at radius 2 is 2.14 bits per heavy atom. The number of methoxy groups -OCH3 is 1. The smallest absolute Gasteiger partial charge is 0.0589 e. The molecular formula is C11H23NO2. The molecule has 1 aliphatic carbocycles. The molecule has 0 saturated heterocycles. The number of hydrogen-bond acceptors (Lipinski definition) is 3. The van der Waals surface area contributed by atoms with Crippen LogP contribution in [0.25, 0.3) is 0 Å². The number of hydrogen-bond donors (Lipinski definition) is 1. The third-order valence-corrected chi connectivity index (χ3v) is 3.07. The maximum Gasteiger partial charge on any atom is 0.0589 e. The molecule has 0 heterocycles. The molecule has 0 spiro atoms. The summed E-state index contributed by atoms with van der Waals surface area (Å²) in [6, 6.07) is 0.664. The molecule has 0 aliphatic heterocycles. The van der Waals surface area contributed by atoms with E-state index < -0.39 is 0 Å². The van der Waals surface area contributed by atoms with Gasteiger partial charge in [-0.05, 0) is 32.1 Å². The maximum atomic E-state index is 8.82. The van der Waals surface area contributed by atoms with Crippen LogP contribution in [-0.2, 0) is 4.74 Å². The minimum absolute atomic E-state index is 0.293. The van der Waals surface area contributed by atoms with E-state index in [0.29, 0.717) is 12.6 Å². The molecule has 1 unspecified atom stereocenters. The third kappa shape index (κ3) is 3.95. The first-order chi connectivity index (χ1) is 6.79. The van der Waals surface area contributed by atoms with E-state index in [4.69, 9.17) is 9.84 Å². The molecule has 0 bridgehead atoms.